The molecule has 1 heterocycles. The third-order valence-corrected chi connectivity index (χ3v) is 2.62. The lowest BCUT2D eigenvalue weighted by Gasteiger charge is -2.19. The minimum atomic E-state index is -0.311. The molecule has 0 aromatic carbocycles. The van der Waals surface area contributed by atoms with Gasteiger partial charge in [-0.2, -0.15) is 5.10 Å². The fraction of sp³-hybridized carbons (Fsp3) is 0.500. The highest BCUT2D eigenvalue weighted by Crippen LogP contribution is 2.05. The van der Waals surface area contributed by atoms with Crippen LogP contribution in [0.5, 0.6) is 0 Å². The Labute approximate surface area is 109 Å². The maximum atomic E-state index is 9.78. The standard InChI is InChI=1S/C14H21N3O/c1-4-6-7-14(18)12-16(3)10-13-9-15-17(11-13)8-5-2/h2,4,9,11,14,18H,1,6-8,10,12H2,3H3. The van der Waals surface area contributed by atoms with E-state index in [0.29, 0.717) is 13.1 Å². The second-order valence-electron chi connectivity index (χ2n) is 4.47. The molecule has 0 spiro atoms. The highest BCUT2D eigenvalue weighted by atomic mass is 16.3. The Morgan fingerprint density at radius 3 is 3.17 bits per heavy atom. The molecule has 0 radical (unpaired) electrons. The lowest BCUT2D eigenvalue weighted by atomic mass is 10.2. The molecular formula is C14H21N3O. The maximum Gasteiger partial charge on any atom is 0.101 e. The molecule has 1 atom stereocenters. The van der Waals surface area contributed by atoms with Gasteiger partial charge in [-0.05, 0) is 19.9 Å². The fourth-order valence-corrected chi connectivity index (χ4v) is 1.81. The maximum absolute atomic E-state index is 9.78. The van der Waals surface area contributed by atoms with Crippen molar-refractivity contribution in [3.05, 3.63) is 30.6 Å². The SMILES string of the molecule is C#CCn1cc(CN(C)CC(O)CCC=C)cn1. The van der Waals surface area contributed by atoms with Crippen LogP contribution in [0.1, 0.15) is 18.4 Å². The van der Waals surface area contributed by atoms with Gasteiger partial charge in [-0.25, -0.2) is 0 Å². The third kappa shape index (κ3) is 5.17. The fourth-order valence-electron chi connectivity index (χ4n) is 1.81. The van der Waals surface area contributed by atoms with Crippen molar-refractivity contribution in [3.8, 4) is 12.3 Å². The molecule has 0 aliphatic carbocycles. The van der Waals surface area contributed by atoms with Crippen molar-refractivity contribution in [1.29, 1.82) is 0 Å². The van der Waals surface area contributed by atoms with E-state index in [4.69, 9.17) is 6.42 Å². The van der Waals surface area contributed by atoms with Gasteiger partial charge in [0.25, 0.3) is 0 Å². The Morgan fingerprint density at radius 2 is 2.50 bits per heavy atom. The number of aliphatic hydroxyl groups excluding tert-OH is 1. The highest BCUT2D eigenvalue weighted by Gasteiger charge is 2.08. The molecule has 0 aliphatic heterocycles. The van der Waals surface area contributed by atoms with E-state index in [9.17, 15) is 5.11 Å². The predicted molar refractivity (Wildman–Crippen MR) is 72.8 cm³/mol. The Kier molecular flexibility index (Phi) is 6.20. The van der Waals surface area contributed by atoms with Gasteiger partial charge in [0.15, 0.2) is 0 Å². The molecule has 4 nitrogen and oxygen atoms in total. The molecule has 4 heteroatoms. The molecular weight excluding hydrogens is 226 g/mol. The zero-order valence-electron chi connectivity index (χ0n) is 10.9. The van der Waals surface area contributed by atoms with Crippen LogP contribution in [0, 0.1) is 12.3 Å². The van der Waals surface area contributed by atoms with Crippen LogP contribution in [0.4, 0.5) is 0 Å². The van der Waals surface area contributed by atoms with Crippen LogP contribution in [-0.4, -0.2) is 39.5 Å². The first kappa shape index (κ1) is 14.5. The topological polar surface area (TPSA) is 41.3 Å². The number of aliphatic hydroxyl groups is 1. The van der Waals surface area contributed by atoms with Crippen LogP contribution >= 0.6 is 0 Å². The Hall–Kier alpha value is -1.57. The molecule has 18 heavy (non-hydrogen) atoms. The summed E-state index contributed by atoms with van der Waals surface area (Å²) in [6.45, 7) is 5.55. The minimum Gasteiger partial charge on any atom is -0.392 e. The molecule has 1 N–H and O–H groups in total. The van der Waals surface area contributed by atoms with Crippen molar-refractivity contribution in [3.63, 3.8) is 0 Å². The summed E-state index contributed by atoms with van der Waals surface area (Å²) >= 11 is 0. The van der Waals surface area contributed by atoms with E-state index in [1.807, 2.05) is 25.5 Å². The molecule has 0 amide bonds. The quantitative estimate of drug-likeness (QED) is 0.556. The number of nitrogens with zero attached hydrogens (tertiary/aromatic N) is 3. The summed E-state index contributed by atoms with van der Waals surface area (Å²) in [5.41, 5.74) is 1.10. The third-order valence-electron chi connectivity index (χ3n) is 2.62. The minimum absolute atomic E-state index is 0.311. The number of hydrogen-bond acceptors (Lipinski definition) is 3. The van der Waals surface area contributed by atoms with E-state index in [-0.39, 0.29) is 6.10 Å². The van der Waals surface area contributed by atoms with Crippen LogP contribution in [0.3, 0.4) is 0 Å². The van der Waals surface area contributed by atoms with E-state index in [2.05, 4.69) is 22.5 Å². The van der Waals surface area contributed by atoms with Crippen molar-refractivity contribution in [1.82, 2.24) is 14.7 Å². The molecule has 0 bridgehead atoms. The molecule has 1 aromatic rings. The van der Waals surface area contributed by atoms with Gasteiger partial charge >= 0.3 is 0 Å². The van der Waals surface area contributed by atoms with E-state index < -0.39 is 0 Å². The summed E-state index contributed by atoms with van der Waals surface area (Å²) in [6.07, 6.45) is 12.1. The second kappa shape index (κ2) is 7.70. The van der Waals surface area contributed by atoms with Gasteiger partial charge in [0.1, 0.15) is 6.54 Å². The number of terminal acetylenes is 1. The van der Waals surface area contributed by atoms with Crippen molar-refractivity contribution >= 4 is 0 Å². The second-order valence-corrected chi connectivity index (χ2v) is 4.47. The number of hydrogen-bond donors (Lipinski definition) is 1. The van der Waals surface area contributed by atoms with Gasteiger partial charge in [-0.1, -0.05) is 12.0 Å². The molecule has 0 saturated carbocycles. The van der Waals surface area contributed by atoms with Gasteiger partial charge in [-0.15, -0.1) is 13.0 Å². The molecule has 0 fully saturated rings. The summed E-state index contributed by atoms with van der Waals surface area (Å²) < 4.78 is 1.73. The summed E-state index contributed by atoms with van der Waals surface area (Å²) in [4.78, 5) is 2.07. The first-order chi connectivity index (χ1) is 8.65. The Morgan fingerprint density at radius 1 is 1.72 bits per heavy atom. The molecule has 0 saturated heterocycles. The van der Waals surface area contributed by atoms with E-state index in [1.54, 1.807) is 4.68 Å². The van der Waals surface area contributed by atoms with Crippen LogP contribution in [0.25, 0.3) is 0 Å². The zero-order chi connectivity index (χ0) is 13.4. The average molecular weight is 247 g/mol. The summed E-state index contributed by atoms with van der Waals surface area (Å²) in [5.74, 6) is 2.54. The van der Waals surface area contributed by atoms with Crippen LogP contribution in [0.2, 0.25) is 0 Å². The molecule has 0 aliphatic rings. The van der Waals surface area contributed by atoms with Crippen LogP contribution < -0.4 is 0 Å². The van der Waals surface area contributed by atoms with Crippen molar-refractivity contribution < 1.29 is 5.11 Å². The number of allylic oxidation sites excluding steroid dienone is 1. The van der Waals surface area contributed by atoms with Crippen molar-refractivity contribution in [2.45, 2.75) is 32.0 Å². The monoisotopic (exact) mass is 247 g/mol. The lowest BCUT2D eigenvalue weighted by molar-refractivity contribution is 0.116. The first-order valence-electron chi connectivity index (χ1n) is 6.08. The summed E-state index contributed by atoms with van der Waals surface area (Å²) in [6, 6.07) is 0. The van der Waals surface area contributed by atoms with Gasteiger partial charge in [0, 0.05) is 24.8 Å². The van der Waals surface area contributed by atoms with Crippen molar-refractivity contribution in [2.24, 2.45) is 0 Å². The smallest absolute Gasteiger partial charge is 0.101 e. The van der Waals surface area contributed by atoms with Gasteiger partial charge < -0.3 is 5.11 Å². The summed E-state index contributed by atoms with van der Waals surface area (Å²) in [5, 5.41) is 13.9. The largest absolute Gasteiger partial charge is 0.392 e. The first-order valence-corrected chi connectivity index (χ1v) is 6.08. The Balaban J connectivity index is 2.36. The highest BCUT2D eigenvalue weighted by molar-refractivity contribution is 5.04. The van der Waals surface area contributed by atoms with Crippen LogP contribution in [0.15, 0.2) is 25.0 Å². The van der Waals surface area contributed by atoms with Gasteiger partial charge in [0.2, 0.25) is 0 Å². The van der Waals surface area contributed by atoms with Crippen LogP contribution in [-0.2, 0) is 13.1 Å². The molecule has 1 rings (SSSR count). The van der Waals surface area contributed by atoms with E-state index in [1.165, 1.54) is 0 Å². The number of likely N-dealkylation sites (N-methyl/N-ethyl adjacent to an activating group) is 1. The number of rotatable bonds is 8. The molecule has 1 aromatic heterocycles. The normalized spacial score (nSPS) is 12.3. The summed E-state index contributed by atoms with van der Waals surface area (Å²) in [7, 11) is 1.98. The zero-order valence-corrected chi connectivity index (χ0v) is 10.9. The lowest BCUT2D eigenvalue weighted by Crippen LogP contribution is -2.28. The average Bonchev–Trinajstić information content (AvgIpc) is 2.74. The van der Waals surface area contributed by atoms with Gasteiger partial charge in [-0.3, -0.25) is 9.58 Å². The van der Waals surface area contributed by atoms with E-state index in [0.717, 1.165) is 24.9 Å². The Bertz CT molecular complexity index is 405. The molecule has 98 valence electrons. The van der Waals surface area contributed by atoms with Gasteiger partial charge in [0.05, 0.1) is 12.3 Å². The predicted octanol–water partition coefficient (Wildman–Crippen LogP) is 1.28. The number of aromatic nitrogens is 2. The van der Waals surface area contributed by atoms with Crippen molar-refractivity contribution in [2.75, 3.05) is 13.6 Å². The molecule has 1 unspecified atom stereocenters. The van der Waals surface area contributed by atoms with E-state index >= 15 is 0 Å².